The maximum Gasteiger partial charge on any atom is 0.320 e. The van der Waals surface area contributed by atoms with Gasteiger partial charge in [-0.05, 0) is 44.0 Å². The Kier molecular flexibility index (Phi) is 4.80. The third kappa shape index (κ3) is 3.47. The van der Waals surface area contributed by atoms with Crippen molar-refractivity contribution in [3.63, 3.8) is 0 Å². The summed E-state index contributed by atoms with van der Waals surface area (Å²) in [5, 5.41) is 0. The molecule has 4 heteroatoms. The van der Waals surface area contributed by atoms with Crippen molar-refractivity contribution in [2.45, 2.75) is 25.8 Å². The molecule has 1 atom stereocenters. The van der Waals surface area contributed by atoms with Crippen molar-refractivity contribution < 1.29 is 14.3 Å². The molecular weight excluding hydrogens is 242 g/mol. The standard InChI is InChI=1S/C15H21NO3/c1-3-19-15(17)11-16-9-5-8-14(16)12-6-4-7-13(10-12)18-2/h4,6-7,10,14H,3,5,8-9,11H2,1-2H3/t14-/m0/s1. The number of carbonyl (C=O) groups is 1. The fraction of sp³-hybridized carbons (Fsp3) is 0.533. The summed E-state index contributed by atoms with van der Waals surface area (Å²) < 4.78 is 10.3. The molecular formula is C15H21NO3. The van der Waals surface area contributed by atoms with Crippen molar-refractivity contribution in [2.75, 3.05) is 26.8 Å². The van der Waals surface area contributed by atoms with Gasteiger partial charge in [-0.2, -0.15) is 0 Å². The first-order valence-corrected chi connectivity index (χ1v) is 6.78. The molecule has 2 rings (SSSR count). The van der Waals surface area contributed by atoms with Crippen LogP contribution in [0.2, 0.25) is 0 Å². The number of carbonyl (C=O) groups excluding carboxylic acids is 1. The lowest BCUT2D eigenvalue weighted by Crippen LogP contribution is -2.30. The summed E-state index contributed by atoms with van der Waals surface area (Å²) in [6.45, 7) is 3.59. The summed E-state index contributed by atoms with van der Waals surface area (Å²) in [7, 11) is 1.67. The van der Waals surface area contributed by atoms with Crippen LogP contribution in [0.4, 0.5) is 0 Å². The Balaban J connectivity index is 2.07. The van der Waals surface area contributed by atoms with Gasteiger partial charge in [0, 0.05) is 6.04 Å². The summed E-state index contributed by atoms with van der Waals surface area (Å²) in [5.41, 5.74) is 1.21. The Hall–Kier alpha value is -1.55. The summed E-state index contributed by atoms with van der Waals surface area (Å²) in [6, 6.07) is 8.37. The highest BCUT2D eigenvalue weighted by Gasteiger charge is 2.28. The van der Waals surface area contributed by atoms with Gasteiger partial charge in [0.1, 0.15) is 5.75 Å². The predicted octanol–water partition coefficient (Wildman–Crippen LogP) is 2.40. The number of ether oxygens (including phenoxy) is 2. The van der Waals surface area contributed by atoms with Gasteiger partial charge in [-0.3, -0.25) is 9.69 Å². The molecule has 1 aromatic rings. The minimum atomic E-state index is -0.141. The average Bonchev–Trinajstić information content (AvgIpc) is 2.87. The van der Waals surface area contributed by atoms with Crippen LogP contribution in [-0.2, 0) is 9.53 Å². The second-order valence-corrected chi connectivity index (χ2v) is 4.71. The van der Waals surface area contributed by atoms with Gasteiger partial charge in [0.2, 0.25) is 0 Å². The highest BCUT2D eigenvalue weighted by Crippen LogP contribution is 2.33. The maximum atomic E-state index is 11.6. The van der Waals surface area contributed by atoms with E-state index >= 15 is 0 Å². The third-order valence-electron chi connectivity index (χ3n) is 3.48. The Labute approximate surface area is 114 Å². The largest absolute Gasteiger partial charge is 0.497 e. The molecule has 0 aromatic heterocycles. The first-order chi connectivity index (χ1) is 9.24. The van der Waals surface area contributed by atoms with Gasteiger partial charge in [0.15, 0.2) is 0 Å². The van der Waals surface area contributed by atoms with Crippen molar-refractivity contribution in [2.24, 2.45) is 0 Å². The molecule has 1 heterocycles. The van der Waals surface area contributed by atoms with Gasteiger partial charge in [-0.15, -0.1) is 0 Å². The highest BCUT2D eigenvalue weighted by atomic mass is 16.5. The molecule has 1 aliphatic rings. The van der Waals surface area contributed by atoms with Crippen LogP contribution < -0.4 is 4.74 Å². The Morgan fingerprint density at radius 2 is 2.32 bits per heavy atom. The Bertz CT molecular complexity index is 433. The highest BCUT2D eigenvalue weighted by molar-refractivity contribution is 5.71. The fourth-order valence-corrected chi connectivity index (χ4v) is 2.61. The van der Waals surface area contributed by atoms with E-state index in [0.29, 0.717) is 19.2 Å². The van der Waals surface area contributed by atoms with Crippen LogP contribution in [0.15, 0.2) is 24.3 Å². The zero-order chi connectivity index (χ0) is 13.7. The molecule has 104 valence electrons. The van der Waals surface area contributed by atoms with Crippen LogP contribution in [0, 0.1) is 0 Å². The minimum absolute atomic E-state index is 0.141. The van der Waals surface area contributed by atoms with Gasteiger partial charge < -0.3 is 9.47 Å². The number of benzene rings is 1. The van der Waals surface area contributed by atoms with Crippen molar-refractivity contribution in [3.05, 3.63) is 29.8 Å². The molecule has 0 saturated carbocycles. The van der Waals surface area contributed by atoms with Crippen LogP contribution in [0.1, 0.15) is 31.4 Å². The van der Waals surface area contributed by atoms with Crippen LogP contribution >= 0.6 is 0 Å². The van der Waals surface area contributed by atoms with Gasteiger partial charge in [0.25, 0.3) is 0 Å². The van der Waals surface area contributed by atoms with Crippen molar-refractivity contribution in [1.82, 2.24) is 4.90 Å². The number of esters is 1. The van der Waals surface area contributed by atoms with Gasteiger partial charge in [-0.25, -0.2) is 0 Å². The molecule has 0 unspecified atom stereocenters. The number of hydrogen-bond donors (Lipinski definition) is 0. The van der Waals surface area contributed by atoms with E-state index in [-0.39, 0.29) is 5.97 Å². The van der Waals surface area contributed by atoms with E-state index in [9.17, 15) is 4.79 Å². The Morgan fingerprint density at radius 1 is 1.47 bits per heavy atom. The van der Waals surface area contributed by atoms with E-state index in [1.807, 2.05) is 25.1 Å². The predicted molar refractivity (Wildman–Crippen MR) is 73.2 cm³/mol. The van der Waals surface area contributed by atoms with Gasteiger partial charge in [-0.1, -0.05) is 12.1 Å². The van der Waals surface area contributed by atoms with E-state index in [2.05, 4.69) is 11.0 Å². The van der Waals surface area contributed by atoms with Gasteiger partial charge in [0.05, 0.1) is 20.3 Å². The van der Waals surface area contributed by atoms with Crippen LogP contribution in [0.5, 0.6) is 5.75 Å². The van der Waals surface area contributed by atoms with E-state index in [1.165, 1.54) is 5.56 Å². The molecule has 19 heavy (non-hydrogen) atoms. The fourth-order valence-electron chi connectivity index (χ4n) is 2.61. The number of likely N-dealkylation sites (tertiary alicyclic amines) is 1. The molecule has 0 N–H and O–H groups in total. The van der Waals surface area contributed by atoms with Crippen molar-refractivity contribution in [1.29, 1.82) is 0 Å². The second kappa shape index (κ2) is 6.57. The zero-order valence-corrected chi connectivity index (χ0v) is 11.6. The normalized spacial score (nSPS) is 19.4. The Morgan fingerprint density at radius 3 is 3.05 bits per heavy atom. The lowest BCUT2D eigenvalue weighted by atomic mass is 10.0. The smallest absolute Gasteiger partial charge is 0.320 e. The molecule has 1 fully saturated rings. The maximum absolute atomic E-state index is 11.6. The van der Waals surface area contributed by atoms with Crippen molar-refractivity contribution >= 4 is 5.97 Å². The minimum Gasteiger partial charge on any atom is -0.497 e. The number of methoxy groups -OCH3 is 1. The molecule has 1 aliphatic heterocycles. The first-order valence-electron chi connectivity index (χ1n) is 6.78. The number of nitrogens with zero attached hydrogens (tertiary/aromatic N) is 1. The SMILES string of the molecule is CCOC(=O)CN1CCC[C@H]1c1cccc(OC)c1. The number of hydrogen-bond acceptors (Lipinski definition) is 4. The number of rotatable bonds is 5. The first kappa shape index (κ1) is 13.9. The monoisotopic (exact) mass is 263 g/mol. The summed E-state index contributed by atoms with van der Waals surface area (Å²) in [4.78, 5) is 13.8. The quantitative estimate of drug-likeness (QED) is 0.765. The van der Waals surface area contributed by atoms with E-state index in [0.717, 1.165) is 25.1 Å². The molecule has 0 amide bonds. The average molecular weight is 263 g/mol. The van der Waals surface area contributed by atoms with Crippen molar-refractivity contribution in [3.8, 4) is 5.75 Å². The molecule has 1 aromatic carbocycles. The lowest BCUT2D eigenvalue weighted by molar-refractivity contribution is -0.144. The topological polar surface area (TPSA) is 38.8 Å². The molecule has 4 nitrogen and oxygen atoms in total. The summed E-state index contributed by atoms with van der Waals surface area (Å²) in [5.74, 6) is 0.720. The molecule has 1 saturated heterocycles. The van der Waals surface area contributed by atoms with E-state index < -0.39 is 0 Å². The molecule has 0 spiro atoms. The molecule has 0 bridgehead atoms. The van der Waals surface area contributed by atoms with Crippen LogP contribution in [0.25, 0.3) is 0 Å². The molecule has 0 aliphatic carbocycles. The van der Waals surface area contributed by atoms with Crippen LogP contribution in [-0.4, -0.2) is 37.7 Å². The lowest BCUT2D eigenvalue weighted by Gasteiger charge is -2.24. The summed E-state index contributed by atoms with van der Waals surface area (Å²) in [6.07, 6.45) is 2.19. The third-order valence-corrected chi connectivity index (χ3v) is 3.48. The van der Waals surface area contributed by atoms with Gasteiger partial charge >= 0.3 is 5.97 Å². The van der Waals surface area contributed by atoms with Crippen LogP contribution in [0.3, 0.4) is 0 Å². The molecule has 0 radical (unpaired) electrons. The van der Waals surface area contributed by atoms with E-state index in [1.54, 1.807) is 7.11 Å². The zero-order valence-electron chi connectivity index (χ0n) is 11.6. The second-order valence-electron chi connectivity index (χ2n) is 4.71. The van der Waals surface area contributed by atoms with E-state index in [4.69, 9.17) is 9.47 Å². The summed E-state index contributed by atoms with van der Waals surface area (Å²) >= 11 is 0.